The summed E-state index contributed by atoms with van der Waals surface area (Å²) >= 11 is 6.31. The number of para-hydroxylation sites is 1. The molecule has 1 atom stereocenters. The molecule has 1 unspecified atom stereocenters. The largest absolute Gasteiger partial charge is 0.482 e. The number of carboxylic acids is 1. The fourth-order valence-corrected chi connectivity index (χ4v) is 4.19. The molecule has 32 heavy (non-hydrogen) atoms. The van der Waals surface area contributed by atoms with Crippen LogP contribution in [0.2, 0.25) is 5.02 Å². The normalized spacial score (nSPS) is 15.0. The van der Waals surface area contributed by atoms with Crippen molar-refractivity contribution in [3.8, 4) is 5.75 Å². The molecule has 6 nitrogen and oxygen atoms in total. The predicted molar refractivity (Wildman–Crippen MR) is 123 cm³/mol. The fraction of sp³-hybridized carbons (Fsp3) is 0.200. The van der Waals surface area contributed by atoms with Gasteiger partial charge in [-0.25, -0.2) is 4.79 Å². The average Bonchev–Trinajstić information content (AvgIpc) is 2.81. The molecule has 0 spiro atoms. The van der Waals surface area contributed by atoms with Gasteiger partial charge in [0, 0.05) is 22.8 Å². The Balaban J connectivity index is 1.69. The number of hydrogen-bond donors (Lipinski definition) is 2. The molecule has 4 rings (SSSR count). The van der Waals surface area contributed by atoms with Crippen molar-refractivity contribution in [2.45, 2.75) is 12.5 Å². The topological polar surface area (TPSA) is 78.9 Å². The molecule has 0 fully saturated rings. The molecule has 0 saturated carbocycles. The molecule has 1 aliphatic rings. The van der Waals surface area contributed by atoms with Gasteiger partial charge in [0.25, 0.3) is 0 Å². The molecule has 1 amide bonds. The summed E-state index contributed by atoms with van der Waals surface area (Å²) in [6.45, 7) is 0.183. The summed E-state index contributed by atoms with van der Waals surface area (Å²) in [6, 6.07) is 22.1. The summed E-state index contributed by atoms with van der Waals surface area (Å²) in [5, 5.41) is 12.7. The minimum atomic E-state index is -1.07. The smallest absolute Gasteiger partial charge is 0.341 e. The summed E-state index contributed by atoms with van der Waals surface area (Å²) in [5.74, 6) is -0.750. The van der Waals surface area contributed by atoms with Gasteiger partial charge in [0.2, 0.25) is 5.91 Å². The maximum absolute atomic E-state index is 13.3. The highest BCUT2D eigenvalue weighted by Gasteiger charge is 2.33. The van der Waals surface area contributed by atoms with Gasteiger partial charge in [-0.1, -0.05) is 54.1 Å². The van der Waals surface area contributed by atoms with Crippen molar-refractivity contribution >= 4 is 29.2 Å². The Kier molecular flexibility index (Phi) is 6.61. The van der Waals surface area contributed by atoms with Crippen molar-refractivity contribution in [1.82, 2.24) is 4.90 Å². The average molecular weight is 451 g/mol. The summed E-state index contributed by atoms with van der Waals surface area (Å²) < 4.78 is 5.57. The van der Waals surface area contributed by atoms with Gasteiger partial charge in [0.1, 0.15) is 5.75 Å². The molecule has 7 heteroatoms. The van der Waals surface area contributed by atoms with Gasteiger partial charge in [-0.15, -0.1) is 0 Å². The SMILES string of the molecule is O=C(O)COc1ccc(Cl)cc1C1c2ccccc2CCN1C(=O)CNc1ccccc1. The summed E-state index contributed by atoms with van der Waals surface area (Å²) in [4.78, 5) is 26.2. The number of carbonyl (C=O) groups is 2. The third-order valence-electron chi connectivity index (χ3n) is 5.44. The highest BCUT2D eigenvalue weighted by molar-refractivity contribution is 6.30. The third kappa shape index (κ3) is 4.86. The van der Waals surface area contributed by atoms with Crippen LogP contribution in [0.3, 0.4) is 0 Å². The van der Waals surface area contributed by atoms with Crippen LogP contribution in [0.4, 0.5) is 5.69 Å². The lowest BCUT2D eigenvalue weighted by molar-refractivity contribution is -0.139. The number of carboxylic acid groups (broad SMARTS) is 1. The number of halogens is 1. The number of nitrogens with zero attached hydrogens (tertiary/aromatic N) is 1. The highest BCUT2D eigenvalue weighted by Crippen LogP contribution is 2.40. The lowest BCUT2D eigenvalue weighted by atomic mass is 9.87. The summed E-state index contributed by atoms with van der Waals surface area (Å²) in [5.41, 5.74) is 3.65. The van der Waals surface area contributed by atoms with Gasteiger partial charge in [-0.2, -0.15) is 0 Å². The van der Waals surface area contributed by atoms with Crippen LogP contribution in [-0.4, -0.2) is 41.6 Å². The van der Waals surface area contributed by atoms with Gasteiger partial charge >= 0.3 is 5.97 Å². The first kappa shape index (κ1) is 21.7. The van der Waals surface area contributed by atoms with Crippen LogP contribution in [0.5, 0.6) is 5.75 Å². The van der Waals surface area contributed by atoms with Crippen LogP contribution in [-0.2, 0) is 16.0 Å². The minimum absolute atomic E-state index is 0.0717. The van der Waals surface area contributed by atoms with E-state index in [1.165, 1.54) is 0 Å². The van der Waals surface area contributed by atoms with Crippen molar-refractivity contribution in [2.24, 2.45) is 0 Å². The third-order valence-corrected chi connectivity index (χ3v) is 5.67. The first-order valence-corrected chi connectivity index (χ1v) is 10.7. The molecule has 0 saturated heterocycles. The number of aliphatic carboxylic acids is 1. The van der Waals surface area contributed by atoms with Crippen molar-refractivity contribution < 1.29 is 19.4 Å². The van der Waals surface area contributed by atoms with E-state index in [-0.39, 0.29) is 12.5 Å². The monoisotopic (exact) mass is 450 g/mol. The molecule has 3 aromatic carbocycles. The highest BCUT2D eigenvalue weighted by atomic mass is 35.5. The summed E-state index contributed by atoms with van der Waals surface area (Å²) in [6.07, 6.45) is 0.732. The van der Waals surface area contributed by atoms with Gasteiger partial charge in [0.15, 0.2) is 6.61 Å². The number of hydrogen-bond acceptors (Lipinski definition) is 4. The van der Waals surface area contributed by atoms with Crippen LogP contribution in [0.15, 0.2) is 72.8 Å². The molecule has 0 aromatic heterocycles. The maximum Gasteiger partial charge on any atom is 0.341 e. The molecular weight excluding hydrogens is 428 g/mol. The Labute approximate surface area is 191 Å². The number of rotatable bonds is 7. The second-order valence-electron chi connectivity index (χ2n) is 7.52. The zero-order valence-corrected chi connectivity index (χ0v) is 18.1. The van der Waals surface area contributed by atoms with E-state index in [0.29, 0.717) is 22.9 Å². The van der Waals surface area contributed by atoms with Gasteiger partial charge in [-0.05, 0) is 47.9 Å². The van der Waals surface area contributed by atoms with E-state index >= 15 is 0 Å². The maximum atomic E-state index is 13.3. The standard InChI is InChI=1S/C25H23ClN2O4/c26-18-10-11-22(32-16-24(30)31)21(14-18)25-20-9-5-4-6-17(20)12-13-28(25)23(29)15-27-19-7-2-1-3-8-19/h1-11,14,25,27H,12-13,15-16H2,(H,30,31). The Bertz CT molecular complexity index is 1120. The van der Waals surface area contributed by atoms with Crippen molar-refractivity contribution in [3.63, 3.8) is 0 Å². The first-order valence-electron chi connectivity index (χ1n) is 10.3. The second-order valence-corrected chi connectivity index (χ2v) is 7.96. The minimum Gasteiger partial charge on any atom is -0.482 e. The van der Waals surface area contributed by atoms with Crippen molar-refractivity contribution in [3.05, 3.63) is 94.5 Å². The number of anilines is 1. The molecule has 0 radical (unpaired) electrons. The van der Waals surface area contributed by atoms with Gasteiger partial charge in [-0.3, -0.25) is 4.79 Å². The Hall–Kier alpha value is -3.51. The number of nitrogens with one attached hydrogen (secondary N) is 1. The van der Waals surface area contributed by atoms with Crippen molar-refractivity contribution in [1.29, 1.82) is 0 Å². The molecule has 2 N–H and O–H groups in total. The zero-order valence-electron chi connectivity index (χ0n) is 17.3. The van der Waals surface area contributed by atoms with E-state index in [9.17, 15) is 9.59 Å². The predicted octanol–water partition coefficient (Wildman–Crippen LogP) is 4.39. The van der Waals surface area contributed by atoms with Crippen LogP contribution < -0.4 is 10.1 Å². The van der Waals surface area contributed by atoms with E-state index < -0.39 is 18.6 Å². The lowest BCUT2D eigenvalue weighted by Gasteiger charge is -2.38. The number of benzene rings is 3. The molecular formula is C25H23ClN2O4. The van der Waals surface area contributed by atoms with Crippen LogP contribution >= 0.6 is 11.6 Å². The number of ether oxygens (including phenoxy) is 1. The Morgan fingerprint density at radius 3 is 2.56 bits per heavy atom. The van der Waals surface area contributed by atoms with E-state index in [1.807, 2.05) is 48.5 Å². The van der Waals surface area contributed by atoms with E-state index in [4.69, 9.17) is 21.4 Å². The van der Waals surface area contributed by atoms with Crippen molar-refractivity contribution in [2.75, 3.05) is 25.0 Å². The second kappa shape index (κ2) is 9.75. The van der Waals surface area contributed by atoms with Gasteiger partial charge in [0.05, 0.1) is 12.6 Å². The molecule has 0 aliphatic carbocycles. The lowest BCUT2D eigenvalue weighted by Crippen LogP contribution is -2.43. The fourth-order valence-electron chi connectivity index (χ4n) is 4.01. The first-order chi connectivity index (χ1) is 15.5. The number of amides is 1. The van der Waals surface area contributed by atoms with Crippen LogP contribution in [0.1, 0.15) is 22.7 Å². The molecule has 1 heterocycles. The molecule has 1 aliphatic heterocycles. The Morgan fingerprint density at radius 1 is 1.03 bits per heavy atom. The quantitative estimate of drug-likeness (QED) is 0.558. The zero-order chi connectivity index (χ0) is 22.5. The number of fused-ring (bicyclic) bond motifs is 1. The van der Waals surface area contributed by atoms with Gasteiger partial charge < -0.3 is 20.1 Å². The van der Waals surface area contributed by atoms with Crippen LogP contribution in [0, 0.1) is 0 Å². The molecule has 0 bridgehead atoms. The number of carbonyl (C=O) groups excluding carboxylic acids is 1. The molecule has 3 aromatic rings. The van der Waals surface area contributed by atoms with E-state index in [0.717, 1.165) is 23.2 Å². The van der Waals surface area contributed by atoms with Crippen LogP contribution in [0.25, 0.3) is 0 Å². The summed E-state index contributed by atoms with van der Waals surface area (Å²) in [7, 11) is 0. The van der Waals surface area contributed by atoms with E-state index in [2.05, 4.69) is 11.4 Å². The van der Waals surface area contributed by atoms with E-state index in [1.54, 1.807) is 23.1 Å². The Morgan fingerprint density at radius 2 is 1.78 bits per heavy atom. The molecule has 164 valence electrons.